The van der Waals surface area contributed by atoms with E-state index in [4.69, 9.17) is 22.1 Å². The third-order valence-corrected chi connectivity index (χ3v) is 2.23. The van der Waals surface area contributed by atoms with Gasteiger partial charge in [-0.2, -0.15) is 0 Å². The second-order valence-electron chi connectivity index (χ2n) is 2.81. The zero-order valence-electron chi connectivity index (χ0n) is 7.93. The molecule has 2 N–H and O–H groups in total. The van der Waals surface area contributed by atoms with Crippen LogP contribution in [0.5, 0.6) is 5.75 Å². The number of methoxy groups -OCH3 is 1. The topological polar surface area (TPSA) is 35.2 Å². The molecule has 0 saturated heterocycles. The molecule has 1 aromatic rings. The van der Waals surface area contributed by atoms with E-state index in [2.05, 4.69) is 6.92 Å². The van der Waals surface area contributed by atoms with Gasteiger partial charge in [-0.05, 0) is 24.1 Å². The molecule has 0 fully saturated rings. The molecule has 0 aliphatic heterocycles. The fourth-order valence-corrected chi connectivity index (χ4v) is 1.65. The SMILES string of the molecule is CCc1cc(Cl)cc(CN)c1OC. The number of halogens is 1. The van der Waals surface area contributed by atoms with E-state index in [0.29, 0.717) is 6.54 Å². The largest absolute Gasteiger partial charge is 0.496 e. The van der Waals surface area contributed by atoms with Crippen LogP contribution in [0.3, 0.4) is 0 Å². The van der Waals surface area contributed by atoms with Crippen LogP contribution in [0.1, 0.15) is 18.1 Å². The van der Waals surface area contributed by atoms with Gasteiger partial charge in [0.25, 0.3) is 0 Å². The fourth-order valence-electron chi connectivity index (χ4n) is 1.39. The monoisotopic (exact) mass is 199 g/mol. The maximum atomic E-state index is 5.93. The maximum absolute atomic E-state index is 5.93. The molecular weight excluding hydrogens is 186 g/mol. The third-order valence-electron chi connectivity index (χ3n) is 2.01. The molecule has 0 aliphatic rings. The Morgan fingerprint density at radius 2 is 2.00 bits per heavy atom. The Bertz CT molecular complexity index is 274. The molecular formula is C10H14ClNO. The van der Waals surface area contributed by atoms with Crippen LogP contribution in [0.25, 0.3) is 0 Å². The Morgan fingerprint density at radius 3 is 2.46 bits per heavy atom. The van der Waals surface area contributed by atoms with Crippen molar-refractivity contribution in [3.63, 3.8) is 0 Å². The van der Waals surface area contributed by atoms with Crippen molar-refractivity contribution in [1.29, 1.82) is 0 Å². The second kappa shape index (κ2) is 4.49. The van der Waals surface area contributed by atoms with E-state index in [-0.39, 0.29) is 0 Å². The van der Waals surface area contributed by atoms with Gasteiger partial charge < -0.3 is 10.5 Å². The summed E-state index contributed by atoms with van der Waals surface area (Å²) < 4.78 is 5.27. The number of ether oxygens (including phenoxy) is 1. The van der Waals surface area contributed by atoms with Gasteiger partial charge in [-0.3, -0.25) is 0 Å². The molecule has 0 spiro atoms. The summed E-state index contributed by atoms with van der Waals surface area (Å²) in [7, 11) is 1.65. The summed E-state index contributed by atoms with van der Waals surface area (Å²) in [6, 6.07) is 3.76. The number of hydrogen-bond acceptors (Lipinski definition) is 2. The molecule has 0 radical (unpaired) electrons. The van der Waals surface area contributed by atoms with Crippen molar-refractivity contribution in [1.82, 2.24) is 0 Å². The number of hydrogen-bond donors (Lipinski definition) is 1. The van der Waals surface area contributed by atoms with E-state index in [1.165, 1.54) is 0 Å². The smallest absolute Gasteiger partial charge is 0.126 e. The molecule has 2 nitrogen and oxygen atoms in total. The minimum atomic E-state index is 0.455. The van der Waals surface area contributed by atoms with Gasteiger partial charge in [0.15, 0.2) is 0 Å². The highest BCUT2D eigenvalue weighted by Crippen LogP contribution is 2.28. The van der Waals surface area contributed by atoms with Gasteiger partial charge in [-0.15, -0.1) is 0 Å². The Balaban J connectivity index is 3.25. The first-order valence-corrected chi connectivity index (χ1v) is 4.66. The number of nitrogens with two attached hydrogens (primary N) is 1. The van der Waals surface area contributed by atoms with Gasteiger partial charge in [0.05, 0.1) is 7.11 Å². The van der Waals surface area contributed by atoms with Crippen molar-refractivity contribution >= 4 is 11.6 Å². The van der Waals surface area contributed by atoms with Gasteiger partial charge in [0, 0.05) is 17.1 Å². The van der Waals surface area contributed by atoms with Crippen molar-refractivity contribution in [2.24, 2.45) is 5.73 Å². The summed E-state index contributed by atoms with van der Waals surface area (Å²) in [5.74, 6) is 0.870. The third kappa shape index (κ3) is 2.14. The molecule has 0 saturated carbocycles. The van der Waals surface area contributed by atoms with Gasteiger partial charge in [0.1, 0.15) is 5.75 Å². The van der Waals surface area contributed by atoms with Gasteiger partial charge >= 0.3 is 0 Å². The second-order valence-corrected chi connectivity index (χ2v) is 3.25. The van der Waals surface area contributed by atoms with Crippen LogP contribution < -0.4 is 10.5 Å². The molecule has 3 heteroatoms. The molecule has 0 amide bonds. The highest BCUT2D eigenvalue weighted by atomic mass is 35.5. The van der Waals surface area contributed by atoms with E-state index in [1.807, 2.05) is 12.1 Å². The zero-order valence-corrected chi connectivity index (χ0v) is 8.69. The summed E-state index contributed by atoms with van der Waals surface area (Å²) in [4.78, 5) is 0. The normalized spacial score (nSPS) is 10.2. The number of aryl methyl sites for hydroxylation is 1. The van der Waals surface area contributed by atoms with Gasteiger partial charge in [-0.25, -0.2) is 0 Å². The van der Waals surface area contributed by atoms with Crippen LogP contribution >= 0.6 is 11.6 Å². The minimum absolute atomic E-state index is 0.455. The summed E-state index contributed by atoms with van der Waals surface area (Å²) in [6.45, 7) is 2.52. The Hall–Kier alpha value is -0.730. The van der Waals surface area contributed by atoms with Crippen LogP contribution in [0.15, 0.2) is 12.1 Å². The Morgan fingerprint density at radius 1 is 1.38 bits per heavy atom. The minimum Gasteiger partial charge on any atom is -0.496 e. The van der Waals surface area contributed by atoms with Crippen molar-refractivity contribution in [2.45, 2.75) is 19.9 Å². The average molecular weight is 200 g/mol. The highest BCUT2D eigenvalue weighted by Gasteiger charge is 2.07. The molecule has 0 aromatic heterocycles. The predicted octanol–water partition coefficient (Wildman–Crippen LogP) is 2.37. The predicted molar refractivity (Wildman–Crippen MR) is 55.3 cm³/mol. The lowest BCUT2D eigenvalue weighted by Crippen LogP contribution is -2.02. The number of benzene rings is 1. The lowest BCUT2D eigenvalue weighted by atomic mass is 10.1. The van der Waals surface area contributed by atoms with Crippen LogP contribution in [-0.2, 0) is 13.0 Å². The van der Waals surface area contributed by atoms with Gasteiger partial charge in [-0.1, -0.05) is 18.5 Å². The average Bonchev–Trinajstić information content (AvgIpc) is 2.16. The molecule has 0 unspecified atom stereocenters. The van der Waals surface area contributed by atoms with E-state index in [0.717, 1.165) is 28.3 Å². The lowest BCUT2D eigenvalue weighted by Gasteiger charge is -2.11. The standard InChI is InChI=1S/C10H14ClNO/c1-3-7-4-9(11)5-8(6-12)10(7)13-2/h4-5H,3,6,12H2,1-2H3. The van der Waals surface area contributed by atoms with Gasteiger partial charge in [0.2, 0.25) is 0 Å². The van der Waals surface area contributed by atoms with Crippen LogP contribution in [0, 0.1) is 0 Å². The summed E-state index contributed by atoms with van der Waals surface area (Å²) in [6.07, 6.45) is 0.900. The first-order valence-electron chi connectivity index (χ1n) is 4.28. The molecule has 13 heavy (non-hydrogen) atoms. The zero-order chi connectivity index (χ0) is 9.84. The Labute approximate surface area is 83.6 Å². The summed E-state index contributed by atoms with van der Waals surface area (Å²) in [5.41, 5.74) is 7.65. The van der Waals surface area contributed by atoms with Crippen molar-refractivity contribution in [3.8, 4) is 5.75 Å². The first kappa shape index (κ1) is 10.4. The molecule has 0 heterocycles. The lowest BCUT2D eigenvalue weighted by molar-refractivity contribution is 0.405. The summed E-state index contributed by atoms with van der Waals surface area (Å²) >= 11 is 5.93. The van der Waals surface area contributed by atoms with E-state index < -0.39 is 0 Å². The van der Waals surface area contributed by atoms with E-state index in [9.17, 15) is 0 Å². The quantitative estimate of drug-likeness (QED) is 0.811. The maximum Gasteiger partial charge on any atom is 0.126 e. The van der Waals surface area contributed by atoms with E-state index >= 15 is 0 Å². The van der Waals surface area contributed by atoms with Crippen LogP contribution in [0.2, 0.25) is 5.02 Å². The number of rotatable bonds is 3. The van der Waals surface area contributed by atoms with Crippen molar-refractivity contribution in [3.05, 3.63) is 28.3 Å². The van der Waals surface area contributed by atoms with E-state index in [1.54, 1.807) is 7.11 Å². The molecule has 0 bridgehead atoms. The van der Waals surface area contributed by atoms with Crippen LogP contribution in [0.4, 0.5) is 0 Å². The molecule has 0 aliphatic carbocycles. The van der Waals surface area contributed by atoms with Crippen LogP contribution in [-0.4, -0.2) is 7.11 Å². The fraction of sp³-hybridized carbons (Fsp3) is 0.400. The Kier molecular flexibility index (Phi) is 3.58. The molecule has 72 valence electrons. The molecule has 1 rings (SSSR count). The molecule has 0 atom stereocenters. The highest BCUT2D eigenvalue weighted by molar-refractivity contribution is 6.30. The first-order chi connectivity index (χ1) is 6.22. The summed E-state index contributed by atoms with van der Waals surface area (Å²) in [5, 5.41) is 0.720. The van der Waals surface area contributed by atoms with Crippen molar-refractivity contribution in [2.75, 3.05) is 7.11 Å². The van der Waals surface area contributed by atoms with Crippen molar-refractivity contribution < 1.29 is 4.74 Å². The molecule has 1 aromatic carbocycles.